The number of guanidine groups is 1. The molecule has 0 aliphatic rings. The van der Waals surface area contributed by atoms with Gasteiger partial charge in [0.05, 0.1) is 6.54 Å². The zero-order valence-corrected chi connectivity index (χ0v) is 13.7. The van der Waals surface area contributed by atoms with Crippen LogP contribution in [0.4, 0.5) is 4.79 Å². The largest absolute Gasteiger partial charge is 0.444 e. The van der Waals surface area contributed by atoms with E-state index in [2.05, 4.69) is 26.0 Å². The Balaban J connectivity index is 2.12. The summed E-state index contributed by atoms with van der Waals surface area (Å²) in [5.74, 6) is 0.679. The van der Waals surface area contributed by atoms with Crippen LogP contribution in [0.3, 0.4) is 0 Å². The van der Waals surface area contributed by atoms with Crippen LogP contribution in [0.15, 0.2) is 23.5 Å². The van der Waals surface area contributed by atoms with E-state index >= 15 is 0 Å². The molecule has 0 radical (unpaired) electrons. The molecule has 0 bridgehead atoms. The number of carbonyl (C=O) groups excluding carboxylic acids is 1. The second kappa shape index (κ2) is 8.91. The molecule has 8 heteroatoms. The van der Waals surface area contributed by atoms with Crippen molar-refractivity contribution in [2.24, 2.45) is 4.99 Å². The van der Waals surface area contributed by atoms with E-state index in [0.717, 1.165) is 6.54 Å². The minimum Gasteiger partial charge on any atom is -0.444 e. The third-order valence-corrected chi connectivity index (χ3v) is 2.50. The zero-order chi connectivity index (χ0) is 16.4. The number of alkyl carbamates (subject to hydrolysis) is 1. The molecule has 1 rings (SSSR count). The molecule has 0 spiro atoms. The first kappa shape index (κ1) is 17.8. The van der Waals surface area contributed by atoms with Crippen LogP contribution in [0, 0.1) is 0 Å². The van der Waals surface area contributed by atoms with Gasteiger partial charge in [-0.2, -0.15) is 5.10 Å². The maximum absolute atomic E-state index is 11.5. The van der Waals surface area contributed by atoms with E-state index in [0.29, 0.717) is 25.6 Å². The Morgan fingerprint density at radius 1 is 1.23 bits per heavy atom. The number of rotatable bonds is 6. The predicted octanol–water partition coefficient (Wildman–Crippen LogP) is 0.573. The summed E-state index contributed by atoms with van der Waals surface area (Å²) >= 11 is 0. The van der Waals surface area contributed by atoms with E-state index in [4.69, 9.17) is 4.74 Å². The van der Waals surface area contributed by atoms with Gasteiger partial charge in [-0.1, -0.05) is 0 Å². The number of hydrogen-bond acceptors (Lipinski definition) is 4. The average Bonchev–Trinajstić information content (AvgIpc) is 2.92. The molecule has 1 aromatic rings. The quantitative estimate of drug-likeness (QED) is 0.406. The van der Waals surface area contributed by atoms with Gasteiger partial charge in [0, 0.05) is 39.1 Å². The van der Waals surface area contributed by atoms with Gasteiger partial charge in [-0.15, -0.1) is 0 Å². The van der Waals surface area contributed by atoms with Crippen molar-refractivity contribution in [1.29, 1.82) is 0 Å². The van der Waals surface area contributed by atoms with Crippen molar-refractivity contribution < 1.29 is 9.53 Å². The summed E-state index contributed by atoms with van der Waals surface area (Å²) in [6.07, 6.45) is 3.23. The van der Waals surface area contributed by atoms with Crippen molar-refractivity contribution in [1.82, 2.24) is 25.7 Å². The lowest BCUT2D eigenvalue weighted by atomic mass is 10.2. The van der Waals surface area contributed by atoms with E-state index in [9.17, 15) is 4.79 Å². The lowest BCUT2D eigenvalue weighted by molar-refractivity contribution is 0.0529. The minimum atomic E-state index is -0.485. The molecule has 3 N–H and O–H groups in total. The number of ether oxygens (including phenoxy) is 1. The third-order valence-electron chi connectivity index (χ3n) is 2.50. The Morgan fingerprint density at radius 3 is 2.50 bits per heavy atom. The second-order valence-electron chi connectivity index (χ2n) is 5.62. The first-order chi connectivity index (χ1) is 10.4. The molecule has 0 saturated heterocycles. The number of aliphatic imine (C=N–C) groups is 1. The van der Waals surface area contributed by atoms with Crippen LogP contribution in [0.2, 0.25) is 0 Å². The van der Waals surface area contributed by atoms with Gasteiger partial charge in [0.2, 0.25) is 0 Å². The molecular weight excluding hydrogens is 284 g/mol. The Labute approximate surface area is 131 Å². The molecule has 0 aliphatic carbocycles. The number of aromatic nitrogens is 2. The van der Waals surface area contributed by atoms with Crippen LogP contribution < -0.4 is 16.0 Å². The molecule has 0 aromatic carbocycles. The summed E-state index contributed by atoms with van der Waals surface area (Å²) in [5.41, 5.74) is -0.485. The van der Waals surface area contributed by atoms with E-state index in [1.165, 1.54) is 0 Å². The lowest BCUT2D eigenvalue weighted by Crippen LogP contribution is -2.43. The number of carbonyl (C=O) groups is 1. The Kier molecular flexibility index (Phi) is 7.21. The van der Waals surface area contributed by atoms with Crippen molar-refractivity contribution >= 4 is 12.1 Å². The average molecular weight is 310 g/mol. The summed E-state index contributed by atoms with van der Waals surface area (Å²) in [6, 6.07) is 1.88. The molecule has 1 amide bonds. The lowest BCUT2D eigenvalue weighted by Gasteiger charge is -2.19. The van der Waals surface area contributed by atoms with Crippen molar-refractivity contribution in [3.63, 3.8) is 0 Å². The van der Waals surface area contributed by atoms with Crippen LogP contribution in [0.1, 0.15) is 20.8 Å². The predicted molar refractivity (Wildman–Crippen MR) is 85.8 cm³/mol. The Hall–Kier alpha value is -2.25. The molecule has 124 valence electrons. The van der Waals surface area contributed by atoms with Gasteiger partial charge >= 0.3 is 6.09 Å². The number of nitrogens with one attached hydrogen (secondary N) is 3. The monoisotopic (exact) mass is 310 g/mol. The fourth-order valence-corrected chi connectivity index (χ4v) is 1.60. The van der Waals surface area contributed by atoms with E-state index < -0.39 is 11.7 Å². The Bertz CT molecular complexity index is 464. The van der Waals surface area contributed by atoms with Crippen LogP contribution in [0.25, 0.3) is 0 Å². The van der Waals surface area contributed by atoms with Crippen molar-refractivity contribution in [3.05, 3.63) is 18.5 Å². The molecule has 8 nitrogen and oxygen atoms in total. The minimum absolute atomic E-state index is 0.420. The van der Waals surface area contributed by atoms with Crippen LogP contribution in [-0.4, -0.2) is 54.1 Å². The first-order valence-electron chi connectivity index (χ1n) is 7.29. The third kappa shape index (κ3) is 8.13. The zero-order valence-electron chi connectivity index (χ0n) is 13.7. The molecule has 22 heavy (non-hydrogen) atoms. The molecule has 0 unspecified atom stereocenters. The van der Waals surface area contributed by atoms with Gasteiger partial charge in [-0.05, 0) is 26.8 Å². The molecule has 0 saturated carbocycles. The van der Waals surface area contributed by atoms with Crippen molar-refractivity contribution in [3.8, 4) is 0 Å². The smallest absolute Gasteiger partial charge is 0.407 e. The molecule has 1 aromatic heterocycles. The molecule has 0 atom stereocenters. The highest BCUT2D eigenvalue weighted by molar-refractivity contribution is 5.79. The van der Waals surface area contributed by atoms with Crippen LogP contribution in [-0.2, 0) is 11.3 Å². The SMILES string of the molecule is CN=C(NCCNC(=O)OC(C)(C)C)NCCn1cccn1. The molecule has 0 aliphatic heterocycles. The van der Waals surface area contributed by atoms with Gasteiger partial charge in [0.15, 0.2) is 5.96 Å². The highest BCUT2D eigenvalue weighted by Crippen LogP contribution is 2.05. The second-order valence-corrected chi connectivity index (χ2v) is 5.62. The van der Waals surface area contributed by atoms with Gasteiger partial charge in [-0.3, -0.25) is 9.67 Å². The fourth-order valence-electron chi connectivity index (χ4n) is 1.60. The van der Waals surface area contributed by atoms with Gasteiger partial charge < -0.3 is 20.7 Å². The highest BCUT2D eigenvalue weighted by Gasteiger charge is 2.15. The van der Waals surface area contributed by atoms with Crippen LogP contribution in [0.5, 0.6) is 0 Å². The van der Waals surface area contributed by atoms with Crippen molar-refractivity contribution in [2.75, 3.05) is 26.7 Å². The molecule has 0 fully saturated rings. The standard InChI is InChI=1S/C14H26N6O2/c1-14(2,3)22-13(21)18-8-7-16-12(15-4)17-9-11-20-10-5-6-19-20/h5-6,10H,7-9,11H2,1-4H3,(H,18,21)(H2,15,16,17). The summed E-state index contributed by atoms with van der Waals surface area (Å²) in [6.45, 7) is 7.96. The topological polar surface area (TPSA) is 92.6 Å². The van der Waals surface area contributed by atoms with Gasteiger partial charge in [-0.25, -0.2) is 4.79 Å². The number of hydrogen-bond donors (Lipinski definition) is 3. The van der Waals surface area contributed by atoms with E-state index in [-0.39, 0.29) is 0 Å². The maximum atomic E-state index is 11.5. The summed E-state index contributed by atoms with van der Waals surface area (Å²) in [4.78, 5) is 15.6. The maximum Gasteiger partial charge on any atom is 0.407 e. The van der Waals surface area contributed by atoms with E-state index in [1.54, 1.807) is 13.2 Å². The summed E-state index contributed by atoms with van der Waals surface area (Å²) < 4.78 is 6.98. The Morgan fingerprint density at radius 2 is 1.91 bits per heavy atom. The van der Waals surface area contributed by atoms with Crippen LogP contribution >= 0.6 is 0 Å². The first-order valence-corrected chi connectivity index (χ1v) is 7.29. The molecular formula is C14H26N6O2. The van der Waals surface area contributed by atoms with Gasteiger partial charge in [0.1, 0.15) is 5.60 Å². The number of nitrogens with zero attached hydrogens (tertiary/aromatic N) is 3. The normalized spacial score (nSPS) is 11.9. The fraction of sp³-hybridized carbons (Fsp3) is 0.643. The van der Waals surface area contributed by atoms with Crippen molar-refractivity contribution in [2.45, 2.75) is 32.9 Å². The summed E-state index contributed by atoms with van der Waals surface area (Å²) in [7, 11) is 1.70. The number of amides is 1. The molecule has 1 heterocycles. The summed E-state index contributed by atoms with van der Waals surface area (Å²) in [5, 5.41) is 13.1. The van der Waals surface area contributed by atoms with Gasteiger partial charge in [0.25, 0.3) is 0 Å². The van der Waals surface area contributed by atoms with E-state index in [1.807, 2.05) is 37.7 Å². The highest BCUT2D eigenvalue weighted by atomic mass is 16.6.